The molecule has 0 bridgehead atoms. The van der Waals surface area contributed by atoms with Crippen molar-refractivity contribution in [3.63, 3.8) is 0 Å². The van der Waals surface area contributed by atoms with Crippen LogP contribution in [-0.4, -0.2) is 0 Å². The summed E-state index contributed by atoms with van der Waals surface area (Å²) in [5.41, 5.74) is 4.74. The van der Waals surface area contributed by atoms with Crippen molar-refractivity contribution >= 4 is 6.08 Å². The number of hydrogen-bond donors (Lipinski definition) is 0. The van der Waals surface area contributed by atoms with Crippen molar-refractivity contribution in [2.24, 2.45) is 0 Å². The van der Waals surface area contributed by atoms with Crippen LogP contribution >= 0.6 is 0 Å². The van der Waals surface area contributed by atoms with Gasteiger partial charge in [0, 0.05) is 5.56 Å². The molecular weight excluding hydrogens is 211 g/mol. The van der Waals surface area contributed by atoms with E-state index in [9.17, 15) is 4.39 Å². The summed E-state index contributed by atoms with van der Waals surface area (Å²) in [5.74, 6) is -0.187. The molecule has 0 aliphatic carbocycles. The lowest BCUT2D eigenvalue weighted by Crippen LogP contribution is -1.92. The minimum Gasteiger partial charge on any atom is -0.206 e. The summed E-state index contributed by atoms with van der Waals surface area (Å²) in [4.78, 5) is 0. The third kappa shape index (κ3) is 2.14. The second kappa shape index (κ2) is 4.54. The van der Waals surface area contributed by atoms with Crippen molar-refractivity contribution in [2.45, 2.75) is 13.8 Å². The fourth-order valence-corrected chi connectivity index (χ4v) is 2.10. The Morgan fingerprint density at radius 3 is 2.29 bits per heavy atom. The summed E-state index contributed by atoms with van der Waals surface area (Å²) < 4.78 is 13.9. The highest BCUT2D eigenvalue weighted by Crippen LogP contribution is 2.30. The van der Waals surface area contributed by atoms with E-state index in [-0.39, 0.29) is 5.82 Å². The first kappa shape index (κ1) is 11.6. The second-order valence-corrected chi connectivity index (χ2v) is 4.21. The molecule has 2 aromatic rings. The van der Waals surface area contributed by atoms with E-state index in [2.05, 4.69) is 6.58 Å². The minimum absolute atomic E-state index is 0.187. The Labute approximate surface area is 101 Å². The normalized spacial score (nSPS) is 10.3. The van der Waals surface area contributed by atoms with Crippen LogP contribution in [0.2, 0.25) is 0 Å². The molecule has 0 unspecified atom stereocenters. The predicted molar refractivity (Wildman–Crippen MR) is 71.4 cm³/mol. The van der Waals surface area contributed by atoms with E-state index in [1.807, 2.05) is 38.1 Å². The molecule has 0 amide bonds. The first-order valence-electron chi connectivity index (χ1n) is 5.62. The van der Waals surface area contributed by atoms with Gasteiger partial charge in [0.15, 0.2) is 0 Å². The van der Waals surface area contributed by atoms with Gasteiger partial charge in [-0.25, -0.2) is 4.39 Å². The monoisotopic (exact) mass is 226 g/mol. The quantitative estimate of drug-likeness (QED) is 0.693. The van der Waals surface area contributed by atoms with Gasteiger partial charge in [-0.3, -0.25) is 0 Å². The maximum absolute atomic E-state index is 13.9. The van der Waals surface area contributed by atoms with Gasteiger partial charge < -0.3 is 0 Å². The van der Waals surface area contributed by atoms with Crippen LogP contribution in [-0.2, 0) is 0 Å². The summed E-state index contributed by atoms with van der Waals surface area (Å²) in [6, 6.07) is 11.1. The molecular formula is C16H15F. The fraction of sp³-hybridized carbons (Fsp3) is 0.125. The number of rotatable bonds is 2. The highest BCUT2D eigenvalue weighted by atomic mass is 19.1. The smallest absolute Gasteiger partial charge is 0.131 e. The van der Waals surface area contributed by atoms with Gasteiger partial charge in [0.25, 0.3) is 0 Å². The van der Waals surface area contributed by atoms with Crippen molar-refractivity contribution in [3.05, 3.63) is 65.5 Å². The maximum atomic E-state index is 13.9. The van der Waals surface area contributed by atoms with Crippen LogP contribution in [0.25, 0.3) is 17.2 Å². The molecule has 0 atom stereocenters. The van der Waals surface area contributed by atoms with E-state index in [4.69, 9.17) is 0 Å². The van der Waals surface area contributed by atoms with Crippen molar-refractivity contribution in [1.82, 2.24) is 0 Å². The molecule has 0 aliphatic rings. The number of hydrogen-bond acceptors (Lipinski definition) is 0. The van der Waals surface area contributed by atoms with Gasteiger partial charge in [0.2, 0.25) is 0 Å². The Balaban J connectivity index is 2.71. The largest absolute Gasteiger partial charge is 0.206 e. The van der Waals surface area contributed by atoms with Crippen LogP contribution in [0.4, 0.5) is 4.39 Å². The van der Waals surface area contributed by atoms with Gasteiger partial charge in [-0.1, -0.05) is 36.9 Å². The lowest BCUT2D eigenvalue weighted by molar-refractivity contribution is 0.631. The standard InChI is InChI=1S/C16H15F/c1-4-13-8-9-15(17)14(10-13)16-11(2)6-5-7-12(16)3/h4-10H,1H2,2-3H3. The Morgan fingerprint density at radius 1 is 1.06 bits per heavy atom. The lowest BCUT2D eigenvalue weighted by Gasteiger charge is -2.11. The molecule has 0 aromatic heterocycles. The lowest BCUT2D eigenvalue weighted by atomic mass is 9.94. The highest BCUT2D eigenvalue weighted by Gasteiger charge is 2.10. The van der Waals surface area contributed by atoms with E-state index in [1.165, 1.54) is 6.07 Å². The Kier molecular flexibility index (Phi) is 3.10. The topological polar surface area (TPSA) is 0 Å². The van der Waals surface area contributed by atoms with Gasteiger partial charge in [0.05, 0.1) is 0 Å². The van der Waals surface area contributed by atoms with Crippen LogP contribution < -0.4 is 0 Å². The van der Waals surface area contributed by atoms with Crippen molar-refractivity contribution in [2.75, 3.05) is 0 Å². The molecule has 0 saturated carbocycles. The third-order valence-electron chi connectivity index (χ3n) is 2.98. The molecule has 0 spiro atoms. The molecule has 0 fully saturated rings. The summed E-state index contributed by atoms with van der Waals surface area (Å²) in [6.07, 6.45) is 1.73. The molecule has 2 rings (SSSR count). The van der Waals surface area contributed by atoms with Gasteiger partial charge in [-0.05, 0) is 48.2 Å². The third-order valence-corrected chi connectivity index (χ3v) is 2.98. The molecule has 2 aromatic carbocycles. The van der Waals surface area contributed by atoms with Gasteiger partial charge >= 0.3 is 0 Å². The van der Waals surface area contributed by atoms with E-state index >= 15 is 0 Å². The van der Waals surface area contributed by atoms with Crippen molar-refractivity contribution in [3.8, 4) is 11.1 Å². The SMILES string of the molecule is C=Cc1ccc(F)c(-c2c(C)cccc2C)c1. The molecule has 86 valence electrons. The number of aryl methyl sites for hydroxylation is 2. The Hall–Kier alpha value is -1.89. The summed E-state index contributed by atoms with van der Waals surface area (Å²) in [5, 5.41) is 0. The number of halogens is 1. The van der Waals surface area contributed by atoms with Crippen LogP contribution in [0.15, 0.2) is 43.0 Å². The van der Waals surface area contributed by atoms with Crippen LogP contribution in [0.3, 0.4) is 0 Å². The fourth-order valence-electron chi connectivity index (χ4n) is 2.10. The van der Waals surface area contributed by atoms with Crippen molar-refractivity contribution < 1.29 is 4.39 Å². The van der Waals surface area contributed by atoms with Gasteiger partial charge in [-0.2, -0.15) is 0 Å². The molecule has 0 radical (unpaired) electrons. The Bertz CT molecular complexity index is 547. The molecule has 0 N–H and O–H groups in total. The van der Waals surface area contributed by atoms with Crippen LogP contribution in [0.1, 0.15) is 16.7 Å². The zero-order chi connectivity index (χ0) is 12.4. The highest BCUT2D eigenvalue weighted by molar-refractivity contribution is 5.73. The first-order chi connectivity index (χ1) is 8.13. The van der Waals surface area contributed by atoms with E-state index in [0.29, 0.717) is 5.56 Å². The summed E-state index contributed by atoms with van der Waals surface area (Å²) in [6.45, 7) is 7.72. The van der Waals surface area contributed by atoms with Gasteiger partial charge in [0.1, 0.15) is 5.82 Å². The molecule has 0 heterocycles. The Morgan fingerprint density at radius 2 is 1.71 bits per heavy atom. The predicted octanol–water partition coefficient (Wildman–Crippen LogP) is 4.75. The maximum Gasteiger partial charge on any atom is 0.131 e. The minimum atomic E-state index is -0.187. The number of benzene rings is 2. The first-order valence-corrected chi connectivity index (χ1v) is 5.62. The van der Waals surface area contributed by atoms with E-state index < -0.39 is 0 Å². The van der Waals surface area contributed by atoms with Gasteiger partial charge in [-0.15, -0.1) is 0 Å². The zero-order valence-electron chi connectivity index (χ0n) is 10.1. The summed E-state index contributed by atoms with van der Waals surface area (Å²) >= 11 is 0. The van der Waals surface area contributed by atoms with E-state index in [0.717, 1.165) is 22.3 Å². The van der Waals surface area contributed by atoms with Crippen LogP contribution in [0.5, 0.6) is 0 Å². The average Bonchev–Trinajstić information content (AvgIpc) is 2.31. The molecule has 1 heteroatoms. The van der Waals surface area contributed by atoms with Crippen molar-refractivity contribution in [1.29, 1.82) is 0 Å². The second-order valence-electron chi connectivity index (χ2n) is 4.21. The molecule has 0 nitrogen and oxygen atoms in total. The molecule has 17 heavy (non-hydrogen) atoms. The molecule has 0 saturated heterocycles. The average molecular weight is 226 g/mol. The van der Waals surface area contributed by atoms with Crippen LogP contribution in [0, 0.1) is 19.7 Å². The van der Waals surface area contributed by atoms with E-state index in [1.54, 1.807) is 12.1 Å². The summed E-state index contributed by atoms with van der Waals surface area (Å²) in [7, 11) is 0. The molecule has 0 aliphatic heterocycles. The zero-order valence-corrected chi connectivity index (χ0v) is 10.1.